The lowest BCUT2D eigenvalue weighted by molar-refractivity contribution is 0.0905. The highest BCUT2D eigenvalue weighted by atomic mass is 16.1. The van der Waals surface area contributed by atoms with Gasteiger partial charge in [-0.2, -0.15) is 0 Å². The third-order valence-electron chi connectivity index (χ3n) is 3.48. The van der Waals surface area contributed by atoms with E-state index in [4.69, 9.17) is 5.73 Å². The molecule has 0 radical (unpaired) electrons. The van der Waals surface area contributed by atoms with Crippen molar-refractivity contribution >= 4 is 5.91 Å². The zero-order valence-corrected chi connectivity index (χ0v) is 10.9. The van der Waals surface area contributed by atoms with Crippen LogP contribution in [0.4, 0.5) is 0 Å². The molecule has 1 amide bonds. The summed E-state index contributed by atoms with van der Waals surface area (Å²) in [4.78, 5) is 24.4. The first-order valence-corrected chi connectivity index (χ1v) is 6.53. The number of pyridine rings is 1. The summed E-state index contributed by atoms with van der Waals surface area (Å²) >= 11 is 0. The van der Waals surface area contributed by atoms with Gasteiger partial charge in [0.2, 0.25) is 0 Å². The minimum Gasteiger partial charge on any atom is -0.348 e. The van der Waals surface area contributed by atoms with Crippen molar-refractivity contribution in [3.8, 4) is 11.4 Å². The Hall–Kier alpha value is -2.34. The number of aromatic nitrogens is 3. The molecule has 0 aliphatic heterocycles. The lowest BCUT2D eigenvalue weighted by atomic mass is 9.87. The molecule has 0 bridgehead atoms. The summed E-state index contributed by atoms with van der Waals surface area (Å²) in [6, 6.07) is 3.82. The van der Waals surface area contributed by atoms with Gasteiger partial charge in [-0.15, -0.1) is 0 Å². The molecular formula is C14H15N5O. The van der Waals surface area contributed by atoms with E-state index in [9.17, 15) is 4.79 Å². The van der Waals surface area contributed by atoms with Crippen LogP contribution in [-0.2, 0) is 0 Å². The summed E-state index contributed by atoms with van der Waals surface area (Å²) in [5, 5.41) is 2.89. The molecule has 6 nitrogen and oxygen atoms in total. The zero-order chi connectivity index (χ0) is 13.9. The van der Waals surface area contributed by atoms with Crippen LogP contribution in [0, 0.1) is 0 Å². The predicted octanol–water partition coefficient (Wildman–Crippen LogP) is 0.758. The second kappa shape index (κ2) is 5.34. The maximum absolute atomic E-state index is 12.0. The highest BCUT2D eigenvalue weighted by Gasteiger charge is 2.28. The van der Waals surface area contributed by atoms with Crippen molar-refractivity contribution in [3.63, 3.8) is 0 Å². The Labute approximate surface area is 116 Å². The van der Waals surface area contributed by atoms with Gasteiger partial charge in [0.15, 0.2) is 5.82 Å². The third kappa shape index (κ3) is 2.50. The van der Waals surface area contributed by atoms with Gasteiger partial charge in [0.1, 0.15) is 0 Å². The summed E-state index contributed by atoms with van der Waals surface area (Å²) in [6.45, 7) is 0. The van der Waals surface area contributed by atoms with Crippen molar-refractivity contribution in [3.05, 3.63) is 42.5 Å². The van der Waals surface area contributed by atoms with E-state index in [1.54, 1.807) is 12.4 Å². The Bertz CT molecular complexity index is 599. The van der Waals surface area contributed by atoms with E-state index in [-0.39, 0.29) is 18.0 Å². The molecule has 1 saturated carbocycles. The fraction of sp³-hybridized carbons (Fsp3) is 0.286. The first-order valence-electron chi connectivity index (χ1n) is 6.53. The molecule has 1 aliphatic rings. The monoisotopic (exact) mass is 269 g/mol. The van der Waals surface area contributed by atoms with Gasteiger partial charge >= 0.3 is 0 Å². The van der Waals surface area contributed by atoms with E-state index in [1.807, 2.05) is 12.1 Å². The molecule has 3 N–H and O–H groups in total. The van der Waals surface area contributed by atoms with Gasteiger partial charge in [0, 0.05) is 42.4 Å². The Morgan fingerprint density at radius 1 is 1.25 bits per heavy atom. The molecule has 0 saturated heterocycles. The van der Waals surface area contributed by atoms with Crippen LogP contribution in [0.25, 0.3) is 11.4 Å². The Morgan fingerprint density at radius 2 is 2.05 bits per heavy atom. The van der Waals surface area contributed by atoms with Crippen molar-refractivity contribution in [2.24, 2.45) is 5.73 Å². The van der Waals surface area contributed by atoms with E-state index >= 15 is 0 Å². The maximum Gasteiger partial charge on any atom is 0.254 e. The average Bonchev–Trinajstić information content (AvgIpc) is 2.52. The lowest BCUT2D eigenvalue weighted by Gasteiger charge is -2.33. The molecule has 0 aromatic carbocycles. The number of carbonyl (C=O) groups is 1. The fourth-order valence-electron chi connectivity index (χ4n) is 2.05. The van der Waals surface area contributed by atoms with Crippen molar-refractivity contribution in [1.82, 2.24) is 20.3 Å². The molecule has 2 aromatic rings. The number of nitrogens with zero attached hydrogens (tertiary/aromatic N) is 3. The van der Waals surface area contributed by atoms with Crippen molar-refractivity contribution in [1.29, 1.82) is 0 Å². The topological polar surface area (TPSA) is 93.8 Å². The Kier molecular flexibility index (Phi) is 3.39. The van der Waals surface area contributed by atoms with Gasteiger partial charge in [-0.3, -0.25) is 9.78 Å². The Morgan fingerprint density at radius 3 is 2.60 bits per heavy atom. The summed E-state index contributed by atoms with van der Waals surface area (Å²) < 4.78 is 0. The van der Waals surface area contributed by atoms with Gasteiger partial charge < -0.3 is 11.1 Å². The molecule has 2 aromatic heterocycles. The molecule has 0 unspecified atom stereocenters. The lowest BCUT2D eigenvalue weighted by Crippen LogP contribution is -2.54. The molecule has 102 valence electrons. The van der Waals surface area contributed by atoms with Crippen molar-refractivity contribution in [2.75, 3.05) is 0 Å². The SMILES string of the molecule is N[C@@H]1CC[C@@H]1NC(=O)c1cnc(-c2cccnc2)nc1. The van der Waals surface area contributed by atoms with Crippen molar-refractivity contribution in [2.45, 2.75) is 24.9 Å². The molecule has 3 rings (SSSR count). The van der Waals surface area contributed by atoms with E-state index in [0.717, 1.165) is 18.4 Å². The van der Waals surface area contributed by atoms with Gasteiger partial charge in [0.05, 0.1) is 5.56 Å². The highest BCUT2D eigenvalue weighted by molar-refractivity contribution is 5.94. The number of hydrogen-bond donors (Lipinski definition) is 2. The van der Waals surface area contributed by atoms with Crippen LogP contribution in [0.15, 0.2) is 36.9 Å². The van der Waals surface area contributed by atoms with Crippen LogP contribution in [0.1, 0.15) is 23.2 Å². The van der Waals surface area contributed by atoms with Gasteiger partial charge in [-0.05, 0) is 25.0 Å². The highest BCUT2D eigenvalue weighted by Crippen LogP contribution is 2.18. The van der Waals surface area contributed by atoms with Crippen LogP contribution < -0.4 is 11.1 Å². The molecule has 0 spiro atoms. The number of rotatable bonds is 3. The van der Waals surface area contributed by atoms with E-state index in [2.05, 4.69) is 20.3 Å². The number of hydrogen-bond acceptors (Lipinski definition) is 5. The van der Waals surface area contributed by atoms with E-state index in [0.29, 0.717) is 11.4 Å². The molecule has 1 aliphatic carbocycles. The van der Waals surface area contributed by atoms with Gasteiger partial charge in [-0.1, -0.05) is 0 Å². The number of nitrogens with two attached hydrogens (primary N) is 1. The Balaban J connectivity index is 1.71. The quantitative estimate of drug-likeness (QED) is 0.858. The van der Waals surface area contributed by atoms with Crippen LogP contribution in [0.5, 0.6) is 0 Å². The zero-order valence-electron chi connectivity index (χ0n) is 10.9. The average molecular weight is 269 g/mol. The molecule has 1 fully saturated rings. The maximum atomic E-state index is 12.0. The predicted molar refractivity (Wildman–Crippen MR) is 73.7 cm³/mol. The molecule has 20 heavy (non-hydrogen) atoms. The van der Waals surface area contributed by atoms with Crippen molar-refractivity contribution < 1.29 is 4.79 Å². The van der Waals surface area contributed by atoms with Crippen LogP contribution in [0.2, 0.25) is 0 Å². The normalized spacial score (nSPS) is 21.1. The van der Waals surface area contributed by atoms with Crippen LogP contribution in [0.3, 0.4) is 0 Å². The first kappa shape index (κ1) is 12.7. The molecule has 2 atom stereocenters. The number of nitrogens with one attached hydrogen (secondary N) is 1. The minimum atomic E-state index is -0.178. The number of carbonyl (C=O) groups excluding carboxylic acids is 1. The van der Waals surface area contributed by atoms with Crippen LogP contribution >= 0.6 is 0 Å². The standard InChI is InChI=1S/C14H15N5O/c15-11-3-4-12(11)19-14(20)10-7-17-13(18-8-10)9-2-1-5-16-6-9/h1-2,5-8,11-12H,3-4,15H2,(H,19,20)/t11-,12+/m1/s1. The fourth-order valence-corrected chi connectivity index (χ4v) is 2.05. The van der Waals surface area contributed by atoms with E-state index in [1.165, 1.54) is 12.4 Å². The third-order valence-corrected chi connectivity index (χ3v) is 3.48. The summed E-state index contributed by atoms with van der Waals surface area (Å²) in [5.41, 5.74) is 7.06. The van der Waals surface area contributed by atoms with Crippen LogP contribution in [-0.4, -0.2) is 32.9 Å². The molecular weight excluding hydrogens is 254 g/mol. The van der Waals surface area contributed by atoms with Gasteiger partial charge in [0.25, 0.3) is 5.91 Å². The first-order chi connectivity index (χ1) is 9.74. The van der Waals surface area contributed by atoms with E-state index < -0.39 is 0 Å². The molecule has 6 heteroatoms. The summed E-state index contributed by atoms with van der Waals surface area (Å²) in [5.74, 6) is 0.373. The second-order valence-corrected chi connectivity index (χ2v) is 4.86. The van der Waals surface area contributed by atoms with Gasteiger partial charge in [-0.25, -0.2) is 9.97 Å². The molecule has 2 heterocycles. The minimum absolute atomic E-state index is 0.0644. The summed E-state index contributed by atoms with van der Waals surface area (Å²) in [6.07, 6.45) is 8.31. The number of amides is 1. The summed E-state index contributed by atoms with van der Waals surface area (Å²) in [7, 11) is 0. The largest absolute Gasteiger partial charge is 0.348 e. The smallest absolute Gasteiger partial charge is 0.254 e. The second-order valence-electron chi connectivity index (χ2n) is 4.86.